The van der Waals surface area contributed by atoms with Gasteiger partial charge in [-0.2, -0.15) is 5.10 Å². The molecule has 1 fully saturated rings. The third-order valence-electron chi connectivity index (χ3n) is 4.04. The summed E-state index contributed by atoms with van der Waals surface area (Å²) < 4.78 is 3.35. The van der Waals surface area contributed by atoms with Crippen molar-refractivity contribution in [3.63, 3.8) is 0 Å². The van der Waals surface area contributed by atoms with E-state index in [-0.39, 0.29) is 0 Å². The number of halogens is 1. The average Bonchev–Trinajstić information content (AvgIpc) is 3.20. The number of aryl methyl sites for hydroxylation is 2. The zero-order valence-electron chi connectivity index (χ0n) is 12.4. The highest BCUT2D eigenvalue weighted by Gasteiger charge is 2.30. The van der Waals surface area contributed by atoms with Crippen molar-refractivity contribution in [1.29, 1.82) is 0 Å². The van der Waals surface area contributed by atoms with Gasteiger partial charge in [0.2, 0.25) is 0 Å². The molecular formula is C15H26BrN3. The molecule has 0 amide bonds. The van der Waals surface area contributed by atoms with E-state index in [1.165, 1.54) is 35.8 Å². The molecule has 1 unspecified atom stereocenters. The van der Waals surface area contributed by atoms with Crippen molar-refractivity contribution >= 4 is 15.9 Å². The van der Waals surface area contributed by atoms with Gasteiger partial charge in [0, 0.05) is 12.6 Å². The lowest BCUT2D eigenvalue weighted by Crippen LogP contribution is -2.30. The Morgan fingerprint density at radius 2 is 2.16 bits per heavy atom. The van der Waals surface area contributed by atoms with Crippen LogP contribution in [-0.4, -0.2) is 22.4 Å². The molecule has 4 heteroatoms. The van der Waals surface area contributed by atoms with Crippen LogP contribution in [0.5, 0.6) is 0 Å². The van der Waals surface area contributed by atoms with Crippen molar-refractivity contribution in [2.24, 2.45) is 5.92 Å². The molecule has 2 rings (SSSR count). The van der Waals surface area contributed by atoms with E-state index in [4.69, 9.17) is 0 Å². The summed E-state index contributed by atoms with van der Waals surface area (Å²) in [6, 6.07) is 0.739. The maximum atomic E-state index is 4.56. The summed E-state index contributed by atoms with van der Waals surface area (Å²) in [7, 11) is 0. The van der Waals surface area contributed by atoms with Crippen LogP contribution in [0, 0.1) is 12.8 Å². The molecule has 0 aliphatic heterocycles. The first kappa shape index (κ1) is 15.0. The summed E-state index contributed by atoms with van der Waals surface area (Å²) in [4.78, 5) is 0. The van der Waals surface area contributed by atoms with Gasteiger partial charge in [0.1, 0.15) is 0 Å². The highest BCUT2D eigenvalue weighted by atomic mass is 79.9. The van der Waals surface area contributed by atoms with Gasteiger partial charge in [-0.15, -0.1) is 0 Å². The Labute approximate surface area is 125 Å². The van der Waals surface area contributed by atoms with E-state index in [2.05, 4.69) is 51.8 Å². The first-order valence-corrected chi connectivity index (χ1v) is 8.41. The molecule has 0 aromatic carbocycles. The van der Waals surface area contributed by atoms with Gasteiger partial charge in [0.25, 0.3) is 0 Å². The molecule has 1 heterocycles. The molecule has 108 valence electrons. The molecule has 1 aromatic rings. The average molecular weight is 328 g/mol. The van der Waals surface area contributed by atoms with Crippen LogP contribution in [0.3, 0.4) is 0 Å². The van der Waals surface area contributed by atoms with Gasteiger partial charge < -0.3 is 5.32 Å². The number of hydrogen-bond acceptors (Lipinski definition) is 2. The van der Waals surface area contributed by atoms with Gasteiger partial charge in [-0.3, -0.25) is 4.68 Å². The van der Waals surface area contributed by atoms with E-state index in [9.17, 15) is 0 Å². The van der Waals surface area contributed by atoms with Crippen molar-refractivity contribution < 1.29 is 0 Å². The Hall–Kier alpha value is -0.350. The molecule has 1 aliphatic rings. The monoisotopic (exact) mass is 327 g/mol. The van der Waals surface area contributed by atoms with Crippen molar-refractivity contribution in [3.8, 4) is 0 Å². The van der Waals surface area contributed by atoms with Gasteiger partial charge in [0.05, 0.1) is 15.9 Å². The van der Waals surface area contributed by atoms with Gasteiger partial charge in [-0.25, -0.2) is 0 Å². The van der Waals surface area contributed by atoms with E-state index >= 15 is 0 Å². The number of aromatic nitrogens is 2. The largest absolute Gasteiger partial charge is 0.314 e. The lowest BCUT2D eigenvalue weighted by Gasteiger charge is -2.17. The first-order chi connectivity index (χ1) is 9.17. The lowest BCUT2D eigenvalue weighted by molar-refractivity contribution is 0.431. The number of nitrogens with zero attached hydrogens (tertiary/aromatic N) is 2. The fraction of sp³-hybridized carbons (Fsp3) is 0.800. The molecule has 0 radical (unpaired) electrons. The Balaban J connectivity index is 1.87. The highest BCUT2D eigenvalue weighted by molar-refractivity contribution is 9.10. The van der Waals surface area contributed by atoms with Gasteiger partial charge in [0.15, 0.2) is 0 Å². The third kappa shape index (κ3) is 3.82. The van der Waals surface area contributed by atoms with E-state index in [1.807, 2.05) is 0 Å². The lowest BCUT2D eigenvalue weighted by atomic mass is 10.0. The van der Waals surface area contributed by atoms with Crippen molar-refractivity contribution in [3.05, 3.63) is 15.9 Å². The maximum Gasteiger partial charge on any atom is 0.0738 e. The predicted octanol–water partition coefficient (Wildman–Crippen LogP) is 3.68. The molecule has 1 N–H and O–H groups in total. The Kier molecular flexibility index (Phi) is 5.46. The Morgan fingerprint density at radius 1 is 1.42 bits per heavy atom. The number of rotatable bonds is 8. The normalized spacial score (nSPS) is 16.8. The van der Waals surface area contributed by atoms with E-state index in [1.54, 1.807) is 0 Å². The SMILES string of the molecule is CCNC(CCCc1c(Br)c(C)nn1CC)C1CC1. The van der Waals surface area contributed by atoms with Crippen molar-refractivity contribution in [2.45, 2.75) is 65.5 Å². The van der Waals surface area contributed by atoms with Gasteiger partial charge >= 0.3 is 0 Å². The maximum absolute atomic E-state index is 4.56. The number of nitrogens with one attached hydrogen (secondary N) is 1. The minimum atomic E-state index is 0.739. The Bertz CT molecular complexity index is 410. The van der Waals surface area contributed by atoms with Crippen molar-refractivity contribution in [1.82, 2.24) is 15.1 Å². The second-order valence-corrected chi connectivity index (χ2v) is 6.35. The molecule has 3 nitrogen and oxygen atoms in total. The van der Waals surface area contributed by atoms with Crippen molar-refractivity contribution in [2.75, 3.05) is 6.54 Å². The topological polar surface area (TPSA) is 29.9 Å². The van der Waals surface area contributed by atoms with E-state index in [0.717, 1.165) is 37.2 Å². The van der Waals surface area contributed by atoms with Crippen LogP contribution in [-0.2, 0) is 13.0 Å². The minimum absolute atomic E-state index is 0.739. The van der Waals surface area contributed by atoms with Crippen LogP contribution in [0.25, 0.3) is 0 Å². The summed E-state index contributed by atoms with van der Waals surface area (Å²) in [6.45, 7) is 8.50. The molecule has 1 atom stereocenters. The highest BCUT2D eigenvalue weighted by Crippen LogP contribution is 2.35. The van der Waals surface area contributed by atoms with Crippen LogP contribution in [0.4, 0.5) is 0 Å². The summed E-state index contributed by atoms with van der Waals surface area (Å²) in [5.74, 6) is 0.946. The summed E-state index contributed by atoms with van der Waals surface area (Å²) in [5, 5.41) is 8.21. The van der Waals surface area contributed by atoms with Gasteiger partial charge in [-0.05, 0) is 74.3 Å². The quantitative estimate of drug-likeness (QED) is 0.789. The molecular weight excluding hydrogens is 302 g/mol. The molecule has 0 saturated heterocycles. The fourth-order valence-electron chi connectivity index (χ4n) is 2.86. The molecule has 1 aromatic heterocycles. The zero-order chi connectivity index (χ0) is 13.8. The van der Waals surface area contributed by atoms with Crippen LogP contribution >= 0.6 is 15.9 Å². The minimum Gasteiger partial charge on any atom is -0.314 e. The van der Waals surface area contributed by atoms with Gasteiger partial charge in [-0.1, -0.05) is 6.92 Å². The smallest absolute Gasteiger partial charge is 0.0738 e. The summed E-state index contributed by atoms with van der Waals surface area (Å²) in [5.41, 5.74) is 2.48. The second kappa shape index (κ2) is 6.89. The van der Waals surface area contributed by atoms with Crippen LogP contribution < -0.4 is 5.32 Å². The second-order valence-electron chi connectivity index (χ2n) is 5.56. The standard InChI is InChI=1S/C15H26BrN3/c1-4-17-13(12-9-10-12)7-6-8-14-15(16)11(3)18-19(14)5-2/h12-13,17H,4-10H2,1-3H3. The van der Waals surface area contributed by atoms with Crippen LogP contribution in [0.1, 0.15) is 50.9 Å². The van der Waals surface area contributed by atoms with E-state index in [0.29, 0.717) is 0 Å². The van der Waals surface area contributed by atoms with Crippen LogP contribution in [0.2, 0.25) is 0 Å². The fourth-order valence-corrected chi connectivity index (χ4v) is 3.34. The molecule has 0 bridgehead atoms. The Morgan fingerprint density at radius 3 is 2.74 bits per heavy atom. The van der Waals surface area contributed by atoms with Crippen LogP contribution in [0.15, 0.2) is 4.47 Å². The molecule has 1 aliphatic carbocycles. The summed E-state index contributed by atoms with van der Waals surface area (Å²) >= 11 is 3.68. The first-order valence-electron chi connectivity index (χ1n) is 7.62. The third-order valence-corrected chi connectivity index (χ3v) is 5.07. The molecule has 19 heavy (non-hydrogen) atoms. The predicted molar refractivity (Wildman–Crippen MR) is 83.5 cm³/mol. The zero-order valence-corrected chi connectivity index (χ0v) is 14.0. The summed E-state index contributed by atoms with van der Waals surface area (Å²) in [6.07, 6.45) is 6.52. The molecule has 1 saturated carbocycles. The number of hydrogen-bond donors (Lipinski definition) is 1. The van der Waals surface area contributed by atoms with E-state index < -0.39 is 0 Å². The molecule has 0 spiro atoms.